The van der Waals surface area contributed by atoms with E-state index < -0.39 is 12.0 Å². The highest BCUT2D eigenvalue weighted by molar-refractivity contribution is 5.83. The van der Waals surface area contributed by atoms with Crippen LogP contribution in [0.1, 0.15) is 32.6 Å². The van der Waals surface area contributed by atoms with Gasteiger partial charge in [-0.2, -0.15) is 0 Å². The molecule has 1 saturated heterocycles. The van der Waals surface area contributed by atoms with Crippen molar-refractivity contribution in [2.45, 2.75) is 38.6 Å². The zero-order valence-corrected chi connectivity index (χ0v) is 9.57. The zero-order valence-electron chi connectivity index (χ0n) is 9.57. The maximum atomic E-state index is 11.4. The minimum atomic E-state index is -1.00. The van der Waals surface area contributed by atoms with Crippen molar-refractivity contribution < 1.29 is 19.4 Å². The molecule has 1 atom stereocenters. The normalized spacial score (nSPS) is 19.1. The van der Waals surface area contributed by atoms with E-state index in [1.807, 2.05) is 0 Å². The number of aliphatic carboxylic acids is 1. The standard InChI is InChI=1S/C11H19NO4/c1-8(11(14)15)12-10(13)3-2-9-4-6-16-7-5-9/h8-9H,2-7H2,1H3,(H,12,13)(H,14,15)/t8-/m0/s1. The Bertz CT molecular complexity index is 248. The molecule has 1 aliphatic rings. The fourth-order valence-electron chi connectivity index (χ4n) is 1.75. The number of ether oxygens (including phenoxy) is 1. The summed E-state index contributed by atoms with van der Waals surface area (Å²) in [5.41, 5.74) is 0. The van der Waals surface area contributed by atoms with Crippen LogP contribution in [-0.2, 0) is 14.3 Å². The Kier molecular flexibility index (Phi) is 5.25. The molecule has 16 heavy (non-hydrogen) atoms. The summed E-state index contributed by atoms with van der Waals surface area (Å²) in [4.78, 5) is 21.9. The molecule has 0 spiro atoms. The summed E-state index contributed by atoms with van der Waals surface area (Å²) in [6, 6.07) is -0.804. The lowest BCUT2D eigenvalue weighted by molar-refractivity contribution is -0.141. The highest BCUT2D eigenvalue weighted by atomic mass is 16.5. The molecule has 0 radical (unpaired) electrons. The molecule has 1 aliphatic heterocycles. The summed E-state index contributed by atoms with van der Waals surface area (Å²) < 4.78 is 5.22. The van der Waals surface area contributed by atoms with Gasteiger partial charge < -0.3 is 15.2 Å². The zero-order chi connectivity index (χ0) is 12.0. The van der Waals surface area contributed by atoms with Gasteiger partial charge in [0.15, 0.2) is 0 Å². The van der Waals surface area contributed by atoms with Crippen molar-refractivity contribution in [1.29, 1.82) is 0 Å². The van der Waals surface area contributed by atoms with Crippen LogP contribution in [0.15, 0.2) is 0 Å². The van der Waals surface area contributed by atoms with Gasteiger partial charge >= 0.3 is 5.97 Å². The molecule has 0 saturated carbocycles. The first kappa shape index (κ1) is 13.0. The first-order valence-corrected chi connectivity index (χ1v) is 5.69. The lowest BCUT2D eigenvalue weighted by atomic mass is 9.95. The Labute approximate surface area is 95.2 Å². The van der Waals surface area contributed by atoms with Crippen molar-refractivity contribution in [3.05, 3.63) is 0 Å². The number of rotatable bonds is 5. The van der Waals surface area contributed by atoms with E-state index in [1.54, 1.807) is 0 Å². The lowest BCUT2D eigenvalue weighted by Crippen LogP contribution is -2.38. The number of carboxylic acid groups (broad SMARTS) is 1. The van der Waals surface area contributed by atoms with Crippen LogP contribution in [0.2, 0.25) is 0 Å². The van der Waals surface area contributed by atoms with E-state index in [2.05, 4.69) is 5.32 Å². The summed E-state index contributed by atoms with van der Waals surface area (Å²) in [7, 11) is 0. The highest BCUT2D eigenvalue weighted by Crippen LogP contribution is 2.19. The Balaban J connectivity index is 2.16. The fourth-order valence-corrected chi connectivity index (χ4v) is 1.75. The van der Waals surface area contributed by atoms with E-state index >= 15 is 0 Å². The van der Waals surface area contributed by atoms with Crippen LogP contribution in [0.5, 0.6) is 0 Å². The molecule has 0 aromatic carbocycles. The highest BCUT2D eigenvalue weighted by Gasteiger charge is 2.17. The third-order valence-electron chi connectivity index (χ3n) is 2.87. The average Bonchev–Trinajstić information content (AvgIpc) is 2.27. The predicted octanol–water partition coefficient (Wildman–Crippen LogP) is 0.782. The third-order valence-corrected chi connectivity index (χ3v) is 2.87. The number of carbonyl (C=O) groups is 2. The summed E-state index contributed by atoms with van der Waals surface area (Å²) >= 11 is 0. The van der Waals surface area contributed by atoms with Gasteiger partial charge in [0.05, 0.1) is 0 Å². The van der Waals surface area contributed by atoms with E-state index in [1.165, 1.54) is 6.92 Å². The maximum Gasteiger partial charge on any atom is 0.325 e. The van der Waals surface area contributed by atoms with Crippen LogP contribution in [0.3, 0.4) is 0 Å². The predicted molar refractivity (Wildman–Crippen MR) is 58.0 cm³/mol. The molecule has 2 N–H and O–H groups in total. The lowest BCUT2D eigenvalue weighted by Gasteiger charge is -2.21. The quantitative estimate of drug-likeness (QED) is 0.730. The molecule has 1 rings (SSSR count). The maximum absolute atomic E-state index is 11.4. The summed E-state index contributed by atoms with van der Waals surface area (Å²) in [6.45, 7) is 3.02. The van der Waals surface area contributed by atoms with E-state index in [9.17, 15) is 9.59 Å². The van der Waals surface area contributed by atoms with Crippen LogP contribution in [0.4, 0.5) is 0 Å². The number of nitrogens with one attached hydrogen (secondary N) is 1. The van der Waals surface area contributed by atoms with Gasteiger partial charge in [0.1, 0.15) is 6.04 Å². The minimum Gasteiger partial charge on any atom is -0.480 e. The summed E-state index contributed by atoms with van der Waals surface area (Å²) in [6.07, 6.45) is 3.23. The first-order chi connectivity index (χ1) is 7.59. The molecule has 0 unspecified atom stereocenters. The number of hydrogen-bond acceptors (Lipinski definition) is 3. The average molecular weight is 229 g/mol. The smallest absolute Gasteiger partial charge is 0.325 e. The Morgan fingerprint density at radius 1 is 1.44 bits per heavy atom. The van der Waals surface area contributed by atoms with Gasteiger partial charge in [0, 0.05) is 19.6 Å². The Hall–Kier alpha value is -1.10. The van der Waals surface area contributed by atoms with Crippen molar-refractivity contribution in [3.63, 3.8) is 0 Å². The second-order valence-electron chi connectivity index (χ2n) is 4.22. The first-order valence-electron chi connectivity index (χ1n) is 5.69. The molecule has 0 aromatic heterocycles. The van der Waals surface area contributed by atoms with Crippen molar-refractivity contribution in [3.8, 4) is 0 Å². The van der Waals surface area contributed by atoms with Crippen LogP contribution in [0.25, 0.3) is 0 Å². The largest absolute Gasteiger partial charge is 0.480 e. The number of hydrogen-bond donors (Lipinski definition) is 2. The molecule has 5 heteroatoms. The van der Waals surface area contributed by atoms with Crippen molar-refractivity contribution >= 4 is 11.9 Å². The fraction of sp³-hybridized carbons (Fsp3) is 0.818. The summed E-state index contributed by atoms with van der Waals surface area (Å²) in [5.74, 6) is -0.638. The number of amides is 1. The molecule has 0 aliphatic carbocycles. The molecule has 1 heterocycles. The van der Waals surface area contributed by atoms with E-state index in [0.717, 1.165) is 32.5 Å². The van der Waals surface area contributed by atoms with Crippen LogP contribution in [0, 0.1) is 5.92 Å². The second kappa shape index (κ2) is 6.48. The van der Waals surface area contributed by atoms with Crippen molar-refractivity contribution in [2.75, 3.05) is 13.2 Å². The van der Waals surface area contributed by atoms with Gasteiger partial charge in [-0.05, 0) is 32.1 Å². The van der Waals surface area contributed by atoms with Crippen LogP contribution < -0.4 is 5.32 Å². The van der Waals surface area contributed by atoms with Crippen LogP contribution >= 0.6 is 0 Å². The molecule has 0 bridgehead atoms. The number of carboxylic acids is 1. The van der Waals surface area contributed by atoms with E-state index in [0.29, 0.717) is 12.3 Å². The number of carbonyl (C=O) groups excluding carboxylic acids is 1. The van der Waals surface area contributed by atoms with E-state index in [-0.39, 0.29) is 5.91 Å². The van der Waals surface area contributed by atoms with Crippen molar-refractivity contribution in [1.82, 2.24) is 5.32 Å². The Morgan fingerprint density at radius 2 is 2.06 bits per heavy atom. The molecule has 1 amide bonds. The Morgan fingerprint density at radius 3 is 2.62 bits per heavy atom. The van der Waals surface area contributed by atoms with Crippen molar-refractivity contribution in [2.24, 2.45) is 5.92 Å². The van der Waals surface area contributed by atoms with Gasteiger partial charge in [-0.25, -0.2) is 0 Å². The van der Waals surface area contributed by atoms with Gasteiger partial charge in [0.2, 0.25) is 5.91 Å². The van der Waals surface area contributed by atoms with Gasteiger partial charge in [0.25, 0.3) is 0 Å². The van der Waals surface area contributed by atoms with E-state index in [4.69, 9.17) is 9.84 Å². The molecule has 5 nitrogen and oxygen atoms in total. The molecular weight excluding hydrogens is 210 g/mol. The SMILES string of the molecule is C[C@H](NC(=O)CCC1CCOCC1)C(=O)O. The third kappa shape index (κ3) is 4.61. The molecule has 1 fully saturated rings. The van der Waals surface area contributed by atoms with Gasteiger partial charge in [-0.3, -0.25) is 9.59 Å². The summed E-state index contributed by atoms with van der Waals surface area (Å²) in [5, 5.41) is 11.1. The molecule has 92 valence electrons. The van der Waals surface area contributed by atoms with Crippen LogP contribution in [-0.4, -0.2) is 36.2 Å². The topological polar surface area (TPSA) is 75.6 Å². The second-order valence-corrected chi connectivity index (χ2v) is 4.22. The molecule has 0 aromatic rings. The molecular formula is C11H19NO4. The van der Waals surface area contributed by atoms with Gasteiger partial charge in [-0.15, -0.1) is 0 Å². The minimum absolute atomic E-state index is 0.179. The monoisotopic (exact) mass is 229 g/mol. The van der Waals surface area contributed by atoms with Gasteiger partial charge in [-0.1, -0.05) is 0 Å².